The van der Waals surface area contributed by atoms with Gasteiger partial charge < -0.3 is 4.74 Å². The van der Waals surface area contributed by atoms with E-state index in [1.54, 1.807) is 12.3 Å². The van der Waals surface area contributed by atoms with Crippen LogP contribution in [-0.4, -0.2) is 4.98 Å². The summed E-state index contributed by atoms with van der Waals surface area (Å²) in [5.41, 5.74) is 3.34. The molecule has 0 aliphatic carbocycles. The van der Waals surface area contributed by atoms with Crippen LogP contribution in [0.25, 0.3) is 0 Å². The lowest BCUT2D eigenvalue weighted by Gasteiger charge is -2.10. The van der Waals surface area contributed by atoms with Crippen molar-refractivity contribution >= 4 is 27.5 Å². The minimum absolute atomic E-state index is 0.485. The number of hydrogen-bond acceptors (Lipinski definition) is 2. The molecule has 0 amide bonds. The zero-order valence-corrected chi connectivity index (χ0v) is 12.5. The molecule has 0 radical (unpaired) electrons. The van der Waals surface area contributed by atoms with E-state index in [0.717, 1.165) is 26.9 Å². The van der Waals surface area contributed by atoms with E-state index in [-0.39, 0.29) is 0 Å². The first-order chi connectivity index (χ1) is 8.56. The molecule has 0 saturated carbocycles. The van der Waals surface area contributed by atoms with Gasteiger partial charge in [-0.3, -0.25) is 0 Å². The monoisotopic (exact) mass is 325 g/mol. The minimum Gasteiger partial charge on any atom is -0.489 e. The summed E-state index contributed by atoms with van der Waals surface area (Å²) in [6, 6.07) is 7.73. The average Bonchev–Trinajstić information content (AvgIpc) is 2.33. The molecule has 18 heavy (non-hydrogen) atoms. The summed E-state index contributed by atoms with van der Waals surface area (Å²) in [4.78, 5) is 3.94. The summed E-state index contributed by atoms with van der Waals surface area (Å²) in [6.45, 7) is 4.59. The van der Waals surface area contributed by atoms with Crippen molar-refractivity contribution in [3.8, 4) is 5.75 Å². The third kappa shape index (κ3) is 3.24. The van der Waals surface area contributed by atoms with Gasteiger partial charge >= 0.3 is 0 Å². The molecule has 0 atom stereocenters. The Morgan fingerprint density at radius 1 is 1.22 bits per heavy atom. The van der Waals surface area contributed by atoms with Gasteiger partial charge in [0.1, 0.15) is 17.5 Å². The fraction of sp³-hybridized carbons (Fsp3) is 0.214. The Morgan fingerprint density at radius 2 is 1.89 bits per heavy atom. The first-order valence-corrected chi connectivity index (χ1v) is 6.73. The number of rotatable bonds is 3. The summed E-state index contributed by atoms with van der Waals surface area (Å²) >= 11 is 9.36. The number of ether oxygens (including phenoxy) is 1. The SMILES string of the molecule is Cc1cc(OCc2ccnc(Cl)c2)cc(C)c1Br. The molecule has 4 heteroatoms. The van der Waals surface area contributed by atoms with E-state index in [0.29, 0.717) is 11.8 Å². The fourth-order valence-electron chi connectivity index (χ4n) is 1.69. The van der Waals surface area contributed by atoms with E-state index in [1.807, 2.05) is 32.0 Å². The molecule has 0 saturated heterocycles. The van der Waals surface area contributed by atoms with Crippen molar-refractivity contribution in [1.29, 1.82) is 0 Å². The van der Waals surface area contributed by atoms with Crippen LogP contribution in [0.15, 0.2) is 34.9 Å². The van der Waals surface area contributed by atoms with Crippen molar-refractivity contribution in [3.05, 3.63) is 56.8 Å². The highest BCUT2D eigenvalue weighted by Crippen LogP contribution is 2.26. The summed E-state index contributed by atoms with van der Waals surface area (Å²) < 4.78 is 6.88. The third-order valence-electron chi connectivity index (χ3n) is 2.61. The summed E-state index contributed by atoms with van der Waals surface area (Å²) in [5.74, 6) is 0.862. The van der Waals surface area contributed by atoms with Crippen LogP contribution in [0.3, 0.4) is 0 Å². The van der Waals surface area contributed by atoms with Crippen LogP contribution < -0.4 is 4.74 Å². The first kappa shape index (κ1) is 13.4. The van der Waals surface area contributed by atoms with Crippen molar-refractivity contribution in [2.45, 2.75) is 20.5 Å². The van der Waals surface area contributed by atoms with Gasteiger partial charge in [-0.15, -0.1) is 0 Å². The van der Waals surface area contributed by atoms with Crippen LogP contribution >= 0.6 is 27.5 Å². The highest BCUT2D eigenvalue weighted by atomic mass is 79.9. The Morgan fingerprint density at radius 3 is 2.50 bits per heavy atom. The summed E-state index contributed by atoms with van der Waals surface area (Å²) in [7, 11) is 0. The second kappa shape index (κ2) is 5.72. The fourth-order valence-corrected chi connectivity index (χ4v) is 2.11. The van der Waals surface area contributed by atoms with Crippen molar-refractivity contribution in [1.82, 2.24) is 4.98 Å². The lowest BCUT2D eigenvalue weighted by atomic mass is 10.1. The van der Waals surface area contributed by atoms with Gasteiger partial charge in [-0.05, 0) is 54.8 Å². The second-order valence-corrected chi connectivity index (χ2v) is 5.33. The molecule has 0 aliphatic rings. The lowest BCUT2D eigenvalue weighted by molar-refractivity contribution is 0.305. The van der Waals surface area contributed by atoms with Gasteiger partial charge in [0, 0.05) is 10.7 Å². The number of hydrogen-bond donors (Lipinski definition) is 0. The average molecular weight is 327 g/mol. The highest BCUT2D eigenvalue weighted by Gasteiger charge is 2.03. The number of pyridine rings is 1. The van der Waals surface area contributed by atoms with Crippen LogP contribution in [0.5, 0.6) is 5.75 Å². The topological polar surface area (TPSA) is 22.1 Å². The van der Waals surface area contributed by atoms with Crippen molar-refractivity contribution in [2.75, 3.05) is 0 Å². The molecule has 1 aromatic carbocycles. The third-order valence-corrected chi connectivity index (χ3v) is 4.06. The van der Waals surface area contributed by atoms with Crippen molar-refractivity contribution in [2.24, 2.45) is 0 Å². The molecule has 0 N–H and O–H groups in total. The molecule has 1 aromatic heterocycles. The van der Waals surface area contributed by atoms with Crippen LogP contribution in [0.2, 0.25) is 5.15 Å². The van der Waals surface area contributed by atoms with Crippen LogP contribution in [0, 0.1) is 13.8 Å². The van der Waals surface area contributed by atoms with E-state index in [1.165, 1.54) is 0 Å². The van der Waals surface area contributed by atoms with Crippen LogP contribution in [-0.2, 0) is 6.61 Å². The quantitative estimate of drug-likeness (QED) is 0.763. The molecular weight excluding hydrogens is 314 g/mol. The van der Waals surface area contributed by atoms with Crippen molar-refractivity contribution < 1.29 is 4.74 Å². The lowest BCUT2D eigenvalue weighted by Crippen LogP contribution is -1.97. The molecule has 2 rings (SSSR count). The van der Waals surface area contributed by atoms with Crippen LogP contribution in [0.1, 0.15) is 16.7 Å². The highest BCUT2D eigenvalue weighted by molar-refractivity contribution is 9.10. The number of aryl methyl sites for hydroxylation is 2. The number of benzene rings is 1. The Hall–Kier alpha value is -1.06. The van der Waals surface area contributed by atoms with Gasteiger partial charge in [-0.2, -0.15) is 0 Å². The predicted molar refractivity (Wildman–Crippen MR) is 77.2 cm³/mol. The zero-order valence-electron chi connectivity index (χ0n) is 10.2. The standard InChI is InChI=1S/C14H13BrClNO/c1-9-5-12(6-10(2)14(9)15)18-8-11-3-4-17-13(16)7-11/h3-7H,8H2,1-2H3. The molecular formula is C14H13BrClNO. The van der Waals surface area contributed by atoms with Crippen molar-refractivity contribution in [3.63, 3.8) is 0 Å². The molecule has 1 heterocycles. The zero-order chi connectivity index (χ0) is 13.1. The van der Waals surface area contributed by atoms with Gasteiger partial charge in [0.15, 0.2) is 0 Å². The maximum absolute atomic E-state index is 5.82. The van der Waals surface area contributed by atoms with Gasteiger partial charge in [-0.25, -0.2) is 4.98 Å². The van der Waals surface area contributed by atoms with Gasteiger partial charge in [0.25, 0.3) is 0 Å². The smallest absolute Gasteiger partial charge is 0.129 e. The molecule has 94 valence electrons. The van der Waals surface area contributed by atoms with E-state index in [9.17, 15) is 0 Å². The second-order valence-electron chi connectivity index (χ2n) is 4.15. The Kier molecular flexibility index (Phi) is 4.25. The maximum Gasteiger partial charge on any atom is 0.129 e. The Bertz CT molecular complexity index is 548. The molecule has 0 spiro atoms. The van der Waals surface area contributed by atoms with Crippen LogP contribution in [0.4, 0.5) is 0 Å². The van der Waals surface area contributed by atoms with E-state index in [4.69, 9.17) is 16.3 Å². The number of halogens is 2. The molecule has 0 fully saturated rings. The van der Waals surface area contributed by atoms with E-state index in [2.05, 4.69) is 20.9 Å². The van der Waals surface area contributed by atoms with E-state index >= 15 is 0 Å². The summed E-state index contributed by atoms with van der Waals surface area (Å²) in [5, 5.41) is 0.485. The Labute approximate surface area is 120 Å². The number of aromatic nitrogens is 1. The molecule has 2 nitrogen and oxygen atoms in total. The molecule has 0 unspecified atom stereocenters. The van der Waals surface area contributed by atoms with Gasteiger partial charge in [-0.1, -0.05) is 27.5 Å². The molecule has 2 aromatic rings. The minimum atomic E-state index is 0.485. The van der Waals surface area contributed by atoms with E-state index < -0.39 is 0 Å². The largest absolute Gasteiger partial charge is 0.489 e. The maximum atomic E-state index is 5.82. The molecule has 0 aliphatic heterocycles. The Balaban J connectivity index is 2.11. The predicted octanol–water partition coefficient (Wildman–Crippen LogP) is 4.69. The first-order valence-electron chi connectivity index (χ1n) is 5.56. The van der Waals surface area contributed by atoms with Gasteiger partial charge in [0.2, 0.25) is 0 Å². The van der Waals surface area contributed by atoms with Gasteiger partial charge in [0.05, 0.1) is 0 Å². The normalized spacial score (nSPS) is 10.4. The summed E-state index contributed by atoms with van der Waals surface area (Å²) in [6.07, 6.45) is 1.68. The molecule has 0 bridgehead atoms. The number of nitrogens with zero attached hydrogens (tertiary/aromatic N) is 1.